The lowest BCUT2D eigenvalue weighted by Gasteiger charge is -2.16. The highest BCUT2D eigenvalue weighted by Gasteiger charge is 2.13. The van der Waals surface area contributed by atoms with Gasteiger partial charge in [-0.2, -0.15) is 0 Å². The van der Waals surface area contributed by atoms with Gasteiger partial charge >= 0.3 is 5.97 Å². The molecule has 0 aliphatic heterocycles. The summed E-state index contributed by atoms with van der Waals surface area (Å²) in [6.07, 6.45) is 1.55. The fourth-order valence-corrected chi connectivity index (χ4v) is 5.12. The second-order valence-corrected chi connectivity index (χ2v) is 12.0. The smallest absolute Gasteiger partial charge is 0.330 e. The van der Waals surface area contributed by atoms with Gasteiger partial charge in [0.15, 0.2) is 6.29 Å². The van der Waals surface area contributed by atoms with Gasteiger partial charge in [-0.05, 0) is 63.7 Å². The highest BCUT2D eigenvalue weighted by Crippen LogP contribution is 2.38. The van der Waals surface area contributed by atoms with Crippen molar-refractivity contribution >= 4 is 5.97 Å². The van der Waals surface area contributed by atoms with Crippen molar-refractivity contribution in [3.8, 4) is 44.9 Å². The molecular formula is C42H48O8. The van der Waals surface area contributed by atoms with Gasteiger partial charge < -0.3 is 33.5 Å². The molecule has 0 aliphatic rings. The van der Waals surface area contributed by atoms with E-state index in [1.807, 2.05) is 38.1 Å². The molecule has 4 rings (SSSR count). The lowest BCUT2D eigenvalue weighted by Crippen LogP contribution is -2.19. The molecule has 0 fully saturated rings. The summed E-state index contributed by atoms with van der Waals surface area (Å²) in [4.78, 5) is 11.2. The van der Waals surface area contributed by atoms with Gasteiger partial charge in [-0.1, -0.05) is 99.8 Å². The summed E-state index contributed by atoms with van der Waals surface area (Å²) in [5.74, 6) is 1.34. The predicted molar refractivity (Wildman–Crippen MR) is 197 cm³/mol. The first kappa shape index (κ1) is 38.1. The minimum atomic E-state index is -0.951. The second-order valence-electron chi connectivity index (χ2n) is 12.0. The molecule has 3 atom stereocenters. The average molecular weight is 681 g/mol. The van der Waals surface area contributed by atoms with E-state index < -0.39 is 12.3 Å². The van der Waals surface area contributed by atoms with Crippen molar-refractivity contribution in [3.63, 3.8) is 0 Å². The summed E-state index contributed by atoms with van der Waals surface area (Å²) in [7, 11) is 0. The largest absolute Gasteiger partial charge is 0.491 e. The topological polar surface area (TPSA) is 92.7 Å². The molecule has 8 nitrogen and oxygen atoms in total. The standard InChI is InChI=1S/C42H48O8/c1-5-41(43)49-29-31(3)27-45-23-25-47-35-19-15-33(16-20-35)37-11-7-9-13-39(37)40-14-10-8-12-38(40)34-17-21-36(22-18-34)48-26-24-46-28-32(4)30-50-42(44)6-2/h5-22,31-32,41,43H,1-2,23-30H2,3-4H3. The Morgan fingerprint density at radius 3 is 1.50 bits per heavy atom. The third-order valence-corrected chi connectivity index (χ3v) is 7.70. The van der Waals surface area contributed by atoms with Crippen LogP contribution in [0, 0.1) is 11.8 Å². The molecule has 4 aromatic rings. The summed E-state index contributed by atoms with van der Waals surface area (Å²) < 4.78 is 33.5. The predicted octanol–water partition coefficient (Wildman–Crippen LogP) is 8.00. The van der Waals surface area contributed by atoms with Crippen LogP contribution in [0.5, 0.6) is 11.5 Å². The Bertz CT molecular complexity index is 1620. The molecule has 1 N–H and O–H groups in total. The molecular weight excluding hydrogens is 632 g/mol. The molecule has 3 unspecified atom stereocenters. The number of carbonyl (C=O) groups is 1. The van der Waals surface area contributed by atoms with E-state index in [0.717, 1.165) is 51.0 Å². The molecule has 0 heterocycles. The van der Waals surface area contributed by atoms with Gasteiger partial charge in [0.1, 0.15) is 24.7 Å². The van der Waals surface area contributed by atoms with Crippen molar-refractivity contribution in [2.24, 2.45) is 11.8 Å². The van der Waals surface area contributed by atoms with Crippen molar-refractivity contribution in [1.82, 2.24) is 0 Å². The molecule has 0 amide bonds. The maximum Gasteiger partial charge on any atom is 0.330 e. The van der Waals surface area contributed by atoms with Crippen LogP contribution < -0.4 is 9.47 Å². The van der Waals surface area contributed by atoms with E-state index in [-0.39, 0.29) is 11.8 Å². The quantitative estimate of drug-likeness (QED) is 0.0294. The second kappa shape index (κ2) is 20.7. The fourth-order valence-electron chi connectivity index (χ4n) is 5.12. The monoisotopic (exact) mass is 680 g/mol. The number of carbonyl (C=O) groups excluding carboxylic acids is 1. The third-order valence-electron chi connectivity index (χ3n) is 7.70. The van der Waals surface area contributed by atoms with Crippen molar-refractivity contribution in [2.45, 2.75) is 20.1 Å². The summed E-state index contributed by atoms with van der Waals surface area (Å²) in [6, 6.07) is 33.1. The van der Waals surface area contributed by atoms with Gasteiger partial charge in [0.2, 0.25) is 0 Å². The number of hydrogen-bond acceptors (Lipinski definition) is 8. The Balaban J connectivity index is 1.31. The van der Waals surface area contributed by atoms with Crippen molar-refractivity contribution < 1.29 is 38.3 Å². The minimum absolute atomic E-state index is 0.0829. The molecule has 4 aromatic carbocycles. The zero-order valence-corrected chi connectivity index (χ0v) is 29.0. The molecule has 50 heavy (non-hydrogen) atoms. The zero-order chi connectivity index (χ0) is 35.6. The number of aliphatic hydroxyl groups is 1. The first-order chi connectivity index (χ1) is 24.4. The maximum atomic E-state index is 11.2. The van der Waals surface area contributed by atoms with Gasteiger partial charge in [-0.25, -0.2) is 4.79 Å². The lowest BCUT2D eigenvalue weighted by molar-refractivity contribution is -0.139. The fraction of sp³-hybridized carbons (Fsp3) is 0.310. The van der Waals surface area contributed by atoms with E-state index in [0.29, 0.717) is 52.9 Å². The third kappa shape index (κ3) is 12.3. The van der Waals surface area contributed by atoms with Crippen LogP contribution in [0.1, 0.15) is 13.8 Å². The summed E-state index contributed by atoms with van der Waals surface area (Å²) >= 11 is 0. The number of aliphatic hydroxyl groups excluding tert-OH is 1. The molecule has 8 heteroatoms. The highest BCUT2D eigenvalue weighted by atomic mass is 16.6. The molecule has 0 bridgehead atoms. The molecule has 0 saturated carbocycles. The maximum absolute atomic E-state index is 11.2. The Morgan fingerprint density at radius 2 is 1.06 bits per heavy atom. The van der Waals surface area contributed by atoms with Crippen LogP contribution in [0.2, 0.25) is 0 Å². The summed E-state index contributed by atoms with van der Waals surface area (Å²) in [5, 5.41) is 9.43. The Morgan fingerprint density at radius 1 is 0.620 bits per heavy atom. The molecule has 264 valence electrons. The number of ether oxygens (including phenoxy) is 6. The Kier molecular flexibility index (Phi) is 15.8. The summed E-state index contributed by atoms with van der Waals surface area (Å²) in [6.45, 7) is 14.2. The van der Waals surface area contributed by atoms with E-state index in [9.17, 15) is 9.90 Å². The van der Waals surface area contributed by atoms with E-state index >= 15 is 0 Å². The van der Waals surface area contributed by atoms with E-state index in [1.54, 1.807) is 0 Å². The minimum Gasteiger partial charge on any atom is -0.491 e. The van der Waals surface area contributed by atoms with Crippen LogP contribution in [-0.2, 0) is 23.7 Å². The normalized spacial score (nSPS) is 12.8. The summed E-state index contributed by atoms with van der Waals surface area (Å²) in [5.41, 5.74) is 6.69. The number of esters is 1. The van der Waals surface area contributed by atoms with Crippen molar-refractivity contribution in [3.05, 3.63) is 122 Å². The molecule has 0 radical (unpaired) electrons. The Labute approximate surface area is 295 Å². The highest BCUT2D eigenvalue weighted by molar-refractivity contribution is 5.91. The van der Waals surface area contributed by atoms with E-state index in [4.69, 9.17) is 28.4 Å². The molecule has 0 aliphatic carbocycles. The number of hydrogen-bond donors (Lipinski definition) is 1. The molecule has 0 saturated heterocycles. The van der Waals surface area contributed by atoms with Crippen LogP contribution in [0.15, 0.2) is 122 Å². The average Bonchev–Trinajstić information content (AvgIpc) is 3.16. The molecule has 0 aromatic heterocycles. The van der Waals surface area contributed by atoms with Gasteiger partial charge in [0.05, 0.1) is 39.6 Å². The first-order valence-corrected chi connectivity index (χ1v) is 16.9. The zero-order valence-electron chi connectivity index (χ0n) is 29.0. The van der Waals surface area contributed by atoms with E-state index in [1.165, 1.54) is 6.08 Å². The Hall–Kier alpha value is -4.73. The number of rotatable bonds is 22. The van der Waals surface area contributed by atoms with E-state index in [2.05, 4.69) is 86.0 Å². The van der Waals surface area contributed by atoms with Gasteiger partial charge in [-0.3, -0.25) is 0 Å². The molecule has 0 spiro atoms. The van der Waals surface area contributed by atoms with Crippen LogP contribution in [0.4, 0.5) is 0 Å². The van der Waals surface area contributed by atoms with Crippen LogP contribution in [0.25, 0.3) is 33.4 Å². The van der Waals surface area contributed by atoms with Crippen LogP contribution in [-0.4, -0.2) is 70.2 Å². The van der Waals surface area contributed by atoms with Gasteiger partial charge in [0.25, 0.3) is 0 Å². The van der Waals surface area contributed by atoms with Crippen LogP contribution >= 0.6 is 0 Å². The van der Waals surface area contributed by atoms with Crippen molar-refractivity contribution in [1.29, 1.82) is 0 Å². The SMILES string of the molecule is C=CC(=O)OCC(C)COCCOc1ccc(-c2ccccc2-c2ccccc2-c2ccc(OCCOCC(C)COC(O)C=C)cc2)cc1. The van der Waals surface area contributed by atoms with Crippen molar-refractivity contribution in [2.75, 3.05) is 52.9 Å². The number of benzene rings is 4. The van der Waals surface area contributed by atoms with Crippen LogP contribution in [0.3, 0.4) is 0 Å². The lowest BCUT2D eigenvalue weighted by atomic mass is 9.89. The van der Waals surface area contributed by atoms with Gasteiger partial charge in [-0.15, -0.1) is 0 Å². The van der Waals surface area contributed by atoms with Gasteiger partial charge in [0, 0.05) is 17.9 Å². The first-order valence-electron chi connectivity index (χ1n) is 16.9.